The first-order valence-electron chi connectivity index (χ1n) is 11.3. The molecule has 1 N–H and O–H groups in total. The zero-order valence-corrected chi connectivity index (χ0v) is 19.7. The predicted molar refractivity (Wildman–Crippen MR) is 117 cm³/mol. The van der Waals surface area contributed by atoms with E-state index in [0.29, 0.717) is 41.6 Å². The summed E-state index contributed by atoms with van der Waals surface area (Å²) in [7, 11) is 1.68. The Bertz CT molecular complexity index is 732. The van der Waals surface area contributed by atoms with E-state index < -0.39 is 0 Å². The van der Waals surface area contributed by atoms with Gasteiger partial charge < -0.3 is 19.3 Å². The van der Waals surface area contributed by atoms with Gasteiger partial charge in [0.1, 0.15) is 4.90 Å². The van der Waals surface area contributed by atoms with Gasteiger partial charge >= 0.3 is 0 Å². The summed E-state index contributed by atoms with van der Waals surface area (Å²) < 4.78 is 16.8. The number of nitrogens with zero attached hydrogens (tertiary/aromatic N) is 1. The lowest BCUT2D eigenvalue weighted by Crippen LogP contribution is -2.55. The van der Waals surface area contributed by atoms with Crippen molar-refractivity contribution in [3.05, 3.63) is 5.76 Å². The fourth-order valence-corrected chi connectivity index (χ4v) is 6.82. The van der Waals surface area contributed by atoms with Crippen molar-refractivity contribution in [1.82, 2.24) is 10.5 Å². The number of hydrogen-bond acceptors (Lipinski definition) is 6. The number of aromatic nitrogens is 1. The maximum absolute atomic E-state index is 13.2. The molecule has 1 aromatic rings. The molecule has 168 valence electrons. The highest BCUT2D eigenvalue weighted by atomic mass is 32.2. The van der Waals surface area contributed by atoms with Crippen molar-refractivity contribution >= 4 is 17.7 Å². The average Bonchev–Trinajstić information content (AvgIpc) is 3.04. The molecule has 1 aromatic heterocycles. The van der Waals surface area contributed by atoms with E-state index in [1.165, 1.54) is 32.1 Å². The van der Waals surface area contributed by atoms with E-state index in [0.717, 1.165) is 11.8 Å². The summed E-state index contributed by atoms with van der Waals surface area (Å²) in [5.74, 6) is 3.57. The minimum absolute atomic E-state index is 0.144. The van der Waals surface area contributed by atoms with Crippen molar-refractivity contribution in [2.45, 2.75) is 76.0 Å². The van der Waals surface area contributed by atoms with Gasteiger partial charge in [-0.2, -0.15) is 0 Å². The third kappa shape index (κ3) is 4.67. The van der Waals surface area contributed by atoms with Crippen LogP contribution in [0.25, 0.3) is 0 Å². The molecular formula is C23H36N2O4S. The number of amides is 1. The van der Waals surface area contributed by atoms with E-state index in [-0.39, 0.29) is 22.6 Å². The van der Waals surface area contributed by atoms with E-state index in [1.54, 1.807) is 18.9 Å². The topological polar surface area (TPSA) is 73.6 Å². The number of hydrogen-bond donors (Lipinski definition) is 1. The Balaban J connectivity index is 1.47. The molecule has 7 heteroatoms. The fourth-order valence-electron chi connectivity index (χ4n) is 5.92. The zero-order valence-electron chi connectivity index (χ0n) is 18.9. The molecule has 0 spiro atoms. The minimum Gasteiger partial charge on any atom is -0.474 e. The van der Waals surface area contributed by atoms with Crippen LogP contribution in [0.2, 0.25) is 0 Å². The van der Waals surface area contributed by atoms with E-state index in [2.05, 4.69) is 38.2 Å². The summed E-state index contributed by atoms with van der Waals surface area (Å²) >= 11 is 1.57. The molecule has 4 bridgehead atoms. The normalized spacial score (nSPS) is 30.1. The third-order valence-electron chi connectivity index (χ3n) is 6.84. The first-order valence-corrected chi connectivity index (χ1v) is 12.2. The van der Waals surface area contributed by atoms with Gasteiger partial charge in [0.25, 0.3) is 11.8 Å². The monoisotopic (exact) mass is 436 g/mol. The predicted octanol–water partition coefficient (Wildman–Crippen LogP) is 4.78. The molecule has 4 saturated carbocycles. The summed E-state index contributed by atoms with van der Waals surface area (Å²) in [5.41, 5.74) is -0.156. The zero-order chi connectivity index (χ0) is 21.5. The van der Waals surface area contributed by atoms with Crippen LogP contribution in [0.1, 0.15) is 70.4 Å². The molecule has 0 radical (unpaired) electrons. The number of carbonyl (C=O) groups is 1. The van der Waals surface area contributed by atoms with Gasteiger partial charge in [-0.3, -0.25) is 4.79 Å². The van der Waals surface area contributed by atoms with Gasteiger partial charge in [-0.1, -0.05) is 27.7 Å². The van der Waals surface area contributed by atoms with Crippen molar-refractivity contribution in [2.24, 2.45) is 29.1 Å². The van der Waals surface area contributed by atoms with Crippen LogP contribution in [0, 0.1) is 29.1 Å². The van der Waals surface area contributed by atoms with Gasteiger partial charge in [0, 0.05) is 23.8 Å². The lowest BCUT2D eigenvalue weighted by Gasteiger charge is -2.54. The Kier molecular flexibility index (Phi) is 6.40. The van der Waals surface area contributed by atoms with Crippen LogP contribution in [0.5, 0.6) is 5.88 Å². The Hall–Kier alpha value is -1.21. The van der Waals surface area contributed by atoms with E-state index in [4.69, 9.17) is 14.0 Å². The van der Waals surface area contributed by atoms with Crippen LogP contribution in [-0.4, -0.2) is 42.7 Å². The highest BCUT2D eigenvalue weighted by Crippen LogP contribution is 2.53. The van der Waals surface area contributed by atoms with E-state index >= 15 is 0 Å². The molecule has 0 saturated heterocycles. The Morgan fingerprint density at radius 3 is 2.37 bits per heavy atom. The van der Waals surface area contributed by atoms with Crippen LogP contribution < -0.4 is 10.1 Å². The van der Waals surface area contributed by atoms with Gasteiger partial charge in [-0.15, -0.1) is 11.8 Å². The van der Waals surface area contributed by atoms with Crippen LogP contribution in [0.3, 0.4) is 0 Å². The van der Waals surface area contributed by atoms with Gasteiger partial charge in [-0.05, 0) is 60.9 Å². The second kappa shape index (κ2) is 8.73. The summed E-state index contributed by atoms with van der Waals surface area (Å²) in [4.78, 5) is 13.9. The number of methoxy groups -OCH3 is 1. The lowest BCUT2D eigenvalue weighted by molar-refractivity contribution is -0.0124. The maximum atomic E-state index is 13.2. The van der Waals surface area contributed by atoms with Gasteiger partial charge in [0.05, 0.1) is 13.2 Å². The van der Waals surface area contributed by atoms with Crippen molar-refractivity contribution in [1.29, 1.82) is 0 Å². The molecule has 1 heterocycles. The summed E-state index contributed by atoms with van der Waals surface area (Å²) in [6, 6.07) is 0.275. The smallest absolute Gasteiger partial charge is 0.291 e. The van der Waals surface area contributed by atoms with Crippen molar-refractivity contribution in [2.75, 3.05) is 20.3 Å². The molecular weight excluding hydrogens is 400 g/mol. The molecule has 4 aliphatic rings. The van der Waals surface area contributed by atoms with Gasteiger partial charge in [0.2, 0.25) is 5.76 Å². The standard InChI is InChI=1S/C23H36N2O4S/c1-13(2)30-20-19(29-25-22(20)28-12-23(3,4)11-27-5)21(26)24-18-16-7-14-6-15(9-16)10-17(18)8-14/h13-18H,6-12H2,1-5H3,(H,24,26). The van der Waals surface area contributed by atoms with Crippen LogP contribution >= 0.6 is 11.8 Å². The van der Waals surface area contributed by atoms with E-state index in [1.807, 2.05) is 0 Å². The first kappa shape index (κ1) is 22.0. The fraction of sp³-hybridized carbons (Fsp3) is 0.826. The molecule has 0 aliphatic heterocycles. The second-order valence-electron chi connectivity index (χ2n) is 10.6. The molecule has 6 nitrogen and oxygen atoms in total. The largest absolute Gasteiger partial charge is 0.474 e. The Labute approximate surface area is 184 Å². The van der Waals surface area contributed by atoms with Crippen LogP contribution in [0.4, 0.5) is 0 Å². The van der Waals surface area contributed by atoms with Gasteiger partial charge in [-0.25, -0.2) is 0 Å². The molecule has 5 rings (SSSR count). The SMILES string of the molecule is COCC(C)(C)COc1noc(C(=O)NC2C3CC4CC(C3)CC2C4)c1SC(C)C. The molecule has 0 aromatic carbocycles. The summed E-state index contributed by atoms with van der Waals surface area (Å²) in [6.45, 7) is 9.36. The second-order valence-corrected chi connectivity index (χ2v) is 12.2. The molecule has 30 heavy (non-hydrogen) atoms. The maximum Gasteiger partial charge on any atom is 0.291 e. The molecule has 4 fully saturated rings. The number of ether oxygens (including phenoxy) is 2. The highest BCUT2D eigenvalue weighted by Gasteiger charge is 2.49. The molecule has 1 amide bonds. The highest BCUT2D eigenvalue weighted by molar-refractivity contribution is 8.00. The lowest BCUT2D eigenvalue weighted by atomic mass is 9.54. The molecule has 0 atom stereocenters. The average molecular weight is 437 g/mol. The minimum atomic E-state index is -0.156. The van der Waals surface area contributed by atoms with Crippen LogP contribution in [-0.2, 0) is 4.74 Å². The number of thioether (sulfide) groups is 1. The van der Waals surface area contributed by atoms with Crippen molar-refractivity contribution in [3.63, 3.8) is 0 Å². The summed E-state index contributed by atoms with van der Waals surface area (Å²) in [6.07, 6.45) is 6.48. The summed E-state index contributed by atoms with van der Waals surface area (Å²) in [5, 5.41) is 7.74. The van der Waals surface area contributed by atoms with Crippen LogP contribution in [0.15, 0.2) is 9.42 Å². The molecule has 4 aliphatic carbocycles. The van der Waals surface area contributed by atoms with Crippen molar-refractivity contribution in [3.8, 4) is 5.88 Å². The van der Waals surface area contributed by atoms with Crippen molar-refractivity contribution < 1.29 is 18.8 Å². The van der Waals surface area contributed by atoms with Gasteiger partial charge in [0.15, 0.2) is 0 Å². The number of carbonyl (C=O) groups excluding carboxylic acids is 1. The third-order valence-corrected chi connectivity index (χ3v) is 7.91. The number of rotatable bonds is 9. The number of nitrogens with one attached hydrogen (secondary N) is 1. The van der Waals surface area contributed by atoms with E-state index in [9.17, 15) is 4.79 Å². The quantitative estimate of drug-likeness (QED) is 0.562. The Morgan fingerprint density at radius 2 is 1.80 bits per heavy atom. The molecule has 0 unspecified atom stereocenters. The Morgan fingerprint density at radius 1 is 1.17 bits per heavy atom. The first-order chi connectivity index (χ1) is 14.3.